The zero-order valence-electron chi connectivity index (χ0n) is 12.2. The van der Waals surface area contributed by atoms with Crippen molar-refractivity contribution in [2.45, 2.75) is 18.4 Å². The second-order valence-corrected chi connectivity index (χ2v) is 5.22. The maximum atomic E-state index is 11.8. The quantitative estimate of drug-likeness (QED) is 0.722. The zero-order chi connectivity index (χ0) is 15.1. The second kappa shape index (κ2) is 7.40. The molecule has 1 amide bonds. The molecule has 2 rings (SSSR count). The topological polar surface area (TPSA) is 79.8 Å². The Labute approximate surface area is 124 Å². The van der Waals surface area contributed by atoms with Crippen LogP contribution in [0.25, 0.3) is 0 Å². The van der Waals surface area contributed by atoms with Crippen LogP contribution >= 0.6 is 0 Å². The van der Waals surface area contributed by atoms with E-state index in [1.54, 1.807) is 19.2 Å². The van der Waals surface area contributed by atoms with E-state index in [2.05, 4.69) is 10.6 Å². The molecule has 1 aromatic rings. The highest BCUT2D eigenvalue weighted by atomic mass is 16.5. The number of methoxy groups -OCH3 is 1. The molecule has 3 N–H and O–H groups in total. The number of rotatable bonds is 6. The van der Waals surface area contributed by atoms with Gasteiger partial charge in [0, 0.05) is 44.4 Å². The van der Waals surface area contributed by atoms with Gasteiger partial charge in [0.15, 0.2) is 0 Å². The highest BCUT2D eigenvalue weighted by molar-refractivity contribution is 5.92. The summed E-state index contributed by atoms with van der Waals surface area (Å²) in [6.45, 7) is 1.67. The SMILES string of the molecule is COc1cccc(NC(=O)CNCC2(O)CCOCC2)c1. The van der Waals surface area contributed by atoms with Crippen molar-refractivity contribution in [2.24, 2.45) is 0 Å². The maximum absolute atomic E-state index is 11.8. The molecule has 0 radical (unpaired) electrons. The van der Waals surface area contributed by atoms with Gasteiger partial charge in [-0.05, 0) is 12.1 Å². The molecular weight excluding hydrogens is 272 g/mol. The largest absolute Gasteiger partial charge is 0.497 e. The smallest absolute Gasteiger partial charge is 0.238 e. The highest BCUT2D eigenvalue weighted by Gasteiger charge is 2.29. The molecule has 0 spiro atoms. The number of ether oxygens (including phenoxy) is 2. The molecule has 21 heavy (non-hydrogen) atoms. The van der Waals surface area contributed by atoms with Gasteiger partial charge in [0.2, 0.25) is 5.91 Å². The molecule has 116 valence electrons. The van der Waals surface area contributed by atoms with Gasteiger partial charge in [-0.25, -0.2) is 0 Å². The molecule has 0 aromatic heterocycles. The minimum atomic E-state index is -0.769. The minimum Gasteiger partial charge on any atom is -0.497 e. The normalized spacial score (nSPS) is 17.2. The van der Waals surface area contributed by atoms with E-state index in [1.165, 1.54) is 0 Å². The molecule has 1 aliphatic heterocycles. The van der Waals surface area contributed by atoms with Crippen molar-refractivity contribution in [3.8, 4) is 5.75 Å². The Balaban J connectivity index is 1.74. The van der Waals surface area contributed by atoms with Gasteiger partial charge in [-0.1, -0.05) is 6.07 Å². The van der Waals surface area contributed by atoms with Crippen molar-refractivity contribution < 1.29 is 19.4 Å². The van der Waals surface area contributed by atoms with Crippen LogP contribution in [0.2, 0.25) is 0 Å². The summed E-state index contributed by atoms with van der Waals surface area (Å²) < 4.78 is 10.3. The number of hydrogen-bond acceptors (Lipinski definition) is 5. The molecular formula is C15H22N2O4. The predicted molar refractivity (Wildman–Crippen MR) is 79.5 cm³/mol. The van der Waals surface area contributed by atoms with Crippen molar-refractivity contribution in [2.75, 3.05) is 38.7 Å². The number of anilines is 1. The van der Waals surface area contributed by atoms with Crippen LogP contribution in [-0.4, -0.2) is 50.0 Å². The van der Waals surface area contributed by atoms with Gasteiger partial charge in [0.05, 0.1) is 19.3 Å². The Morgan fingerprint density at radius 1 is 1.43 bits per heavy atom. The number of benzene rings is 1. The summed E-state index contributed by atoms with van der Waals surface area (Å²) in [5.41, 5.74) is -0.0833. The van der Waals surface area contributed by atoms with Crippen molar-refractivity contribution in [3.05, 3.63) is 24.3 Å². The van der Waals surface area contributed by atoms with E-state index < -0.39 is 5.60 Å². The first-order valence-corrected chi connectivity index (χ1v) is 7.06. The predicted octanol–water partition coefficient (Wildman–Crippen LogP) is 0.765. The second-order valence-electron chi connectivity index (χ2n) is 5.22. The Bertz CT molecular complexity index is 472. The van der Waals surface area contributed by atoms with E-state index in [9.17, 15) is 9.90 Å². The average molecular weight is 294 g/mol. The van der Waals surface area contributed by atoms with E-state index in [1.807, 2.05) is 12.1 Å². The summed E-state index contributed by atoms with van der Waals surface area (Å²) in [5.74, 6) is 0.538. The maximum Gasteiger partial charge on any atom is 0.238 e. The number of amides is 1. The molecule has 0 atom stereocenters. The van der Waals surface area contributed by atoms with E-state index in [0.717, 1.165) is 0 Å². The van der Waals surface area contributed by atoms with Crippen LogP contribution in [0.15, 0.2) is 24.3 Å². The Kier molecular flexibility index (Phi) is 5.55. The summed E-state index contributed by atoms with van der Waals surface area (Å²) in [5, 5.41) is 16.0. The van der Waals surface area contributed by atoms with E-state index >= 15 is 0 Å². The molecule has 0 bridgehead atoms. The first-order valence-electron chi connectivity index (χ1n) is 7.06. The Hall–Kier alpha value is -1.63. The van der Waals surface area contributed by atoms with Crippen LogP contribution < -0.4 is 15.4 Å². The van der Waals surface area contributed by atoms with Crippen LogP contribution in [0.1, 0.15) is 12.8 Å². The van der Waals surface area contributed by atoms with Gasteiger partial charge in [0.1, 0.15) is 5.75 Å². The number of carbonyl (C=O) groups excluding carboxylic acids is 1. The van der Waals surface area contributed by atoms with E-state index in [-0.39, 0.29) is 12.5 Å². The Morgan fingerprint density at radius 2 is 2.19 bits per heavy atom. The van der Waals surface area contributed by atoms with E-state index in [0.29, 0.717) is 44.0 Å². The summed E-state index contributed by atoms with van der Waals surface area (Å²) in [6, 6.07) is 7.18. The molecule has 1 aromatic carbocycles. The van der Waals surface area contributed by atoms with Crippen LogP contribution in [0.4, 0.5) is 5.69 Å². The fourth-order valence-electron chi connectivity index (χ4n) is 2.24. The lowest BCUT2D eigenvalue weighted by molar-refractivity contribution is -0.115. The number of aliphatic hydroxyl groups is 1. The third-order valence-electron chi connectivity index (χ3n) is 3.52. The molecule has 1 heterocycles. The van der Waals surface area contributed by atoms with Gasteiger partial charge < -0.3 is 25.2 Å². The molecule has 1 saturated heterocycles. The fourth-order valence-corrected chi connectivity index (χ4v) is 2.24. The molecule has 0 unspecified atom stereocenters. The lowest BCUT2D eigenvalue weighted by Gasteiger charge is -2.32. The van der Waals surface area contributed by atoms with E-state index in [4.69, 9.17) is 9.47 Å². The molecule has 0 aliphatic carbocycles. The third-order valence-corrected chi connectivity index (χ3v) is 3.52. The monoisotopic (exact) mass is 294 g/mol. The molecule has 0 saturated carbocycles. The number of nitrogens with one attached hydrogen (secondary N) is 2. The molecule has 6 heteroatoms. The molecule has 1 fully saturated rings. The van der Waals surface area contributed by atoms with Crippen LogP contribution in [-0.2, 0) is 9.53 Å². The highest BCUT2D eigenvalue weighted by Crippen LogP contribution is 2.19. The average Bonchev–Trinajstić information content (AvgIpc) is 2.48. The number of carbonyl (C=O) groups is 1. The third kappa shape index (κ3) is 5.00. The van der Waals surface area contributed by atoms with Crippen LogP contribution in [0, 0.1) is 0 Å². The standard InChI is InChI=1S/C15H22N2O4/c1-20-13-4-2-3-12(9-13)17-14(18)10-16-11-15(19)5-7-21-8-6-15/h2-4,9,16,19H,5-8,10-11H2,1H3,(H,17,18). The summed E-state index contributed by atoms with van der Waals surface area (Å²) in [6.07, 6.45) is 1.19. The summed E-state index contributed by atoms with van der Waals surface area (Å²) >= 11 is 0. The minimum absolute atomic E-state index is 0.153. The van der Waals surface area contributed by atoms with Crippen molar-refractivity contribution in [1.82, 2.24) is 5.32 Å². The van der Waals surface area contributed by atoms with Gasteiger partial charge >= 0.3 is 0 Å². The molecule has 6 nitrogen and oxygen atoms in total. The number of hydrogen-bond donors (Lipinski definition) is 3. The van der Waals surface area contributed by atoms with Crippen LogP contribution in [0.3, 0.4) is 0 Å². The summed E-state index contributed by atoms with van der Waals surface area (Å²) in [4.78, 5) is 11.8. The first kappa shape index (κ1) is 15.8. The van der Waals surface area contributed by atoms with Gasteiger partial charge in [0.25, 0.3) is 0 Å². The van der Waals surface area contributed by atoms with Gasteiger partial charge in [-0.15, -0.1) is 0 Å². The van der Waals surface area contributed by atoms with Gasteiger partial charge in [-0.3, -0.25) is 4.79 Å². The summed E-state index contributed by atoms with van der Waals surface area (Å²) in [7, 11) is 1.58. The Morgan fingerprint density at radius 3 is 2.90 bits per heavy atom. The fraction of sp³-hybridized carbons (Fsp3) is 0.533. The first-order chi connectivity index (χ1) is 10.1. The lowest BCUT2D eigenvalue weighted by Crippen LogP contribution is -2.46. The van der Waals surface area contributed by atoms with Crippen molar-refractivity contribution >= 4 is 11.6 Å². The van der Waals surface area contributed by atoms with Crippen molar-refractivity contribution in [3.63, 3.8) is 0 Å². The van der Waals surface area contributed by atoms with Gasteiger partial charge in [-0.2, -0.15) is 0 Å². The van der Waals surface area contributed by atoms with Crippen molar-refractivity contribution in [1.29, 1.82) is 0 Å². The zero-order valence-corrected chi connectivity index (χ0v) is 12.2. The van der Waals surface area contributed by atoms with Crippen LogP contribution in [0.5, 0.6) is 5.75 Å². The lowest BCUT2D eigenvalue weighted by atomic mass is 9.94. The molecule has 1 aliphatic rings.